The van der Waals surface area contributed by atoms with Crippen molar-refractivity contribution < 1.29 is 13.6 Å². The molecule has 0 bridgehead atoms. The van der Waals surface area contributed by atoms with Crippen LogP contribution in [0.3, 0.4) is 0 Å². The number of carbonyl (C=O) groups excluding carboxylic acids is 1. The van der Waals surface area contributed by atoms with Gasteiger partial charge in [0.25, 0.3) is 5.91 Å². The van der Waals surface area contributed by atoms with Crippen LogP contribution in [0.1, 0.15) is 21.9 Å². The van der Waals surface area contributed by atoms with E-state index in [1.165, 1.54) is 0 Å². The fourth-order valence-electron chi connectivity index (χ4n) is 2.90. The molecule has 0 spiro atoms. The molecule has 0 atom stereocenters. The first-order valence-corrected chi connectivity index (χ1v) is 8.05. The Morgan fingerprint density at radius 2 is 2.16 bits per heavy atom. The average molecular weight is 338 g/mol. The third kappa shape index (κ3) is 2.84. The van der Waals surface area contributed by atoms with Gasteiger partial charge in [0.2, 0.25) is 0 Å². The molecule has 0 aliphatic rings. The Balaban J connectivity index is 1.44. The maximum atomic E-state index is 12.2. The average Bonchev–Trinajstić information content (AvgIpc) is 3.31. The number of hydrogen-bond donors (Lipinski definition) is 1. The quantitative estimate of drug-likeness (QED) is 0.607. The Morgan fingerprint density at radius 3 is 2.88 bits per heavy atom. The van der Waals surface area contributed by atoms with E-state index >= 15 is 0 Å². The summed E-state index contributed by atoms with van der Waals surface area (Å²) in [6.07, 6.45) is 5.45. The molecule has 25 heavy (non-hydrogen) atoms. The summed E-state index contributed by atoms with van der Waals surface area (Å²) in [4.78, 5) is 12.2. The van der Waals surface area contributed by atoms with Gasteiger partial charge in [-0.25, -0.2) is 4.52 Å². The first-order chi connectivity index (χ1) is 12.1. The lowest BCUT2D eigenvalue weighted by molar-refractivity contribution is 0.0951. The summed E-state index contributed by atoms with van der Waals surface area (Å²) in [6.45, 7) is 4.77. The number of nitrogens with zero attached hydrogens (tertiary/aromatic N) is 3. The van der Waals surface area contributed by atoms with Gasteiger partial charge in [-0.3, -0.25) is 4.79 Å². The molecule has 4 heterocycles. The second-order valence-electron chi connectivity index (χ2n) is 5.88. The number of carbonyl (C=O) groups is 1. The van der Waals surface area contributed by atoms with Gasteiger partial charge in [0.1, 0.15) is 22.9 Å². The summed E-state index contributed by atoms with van der Waals surface area (Å²) in [7, 11) is 0. The van der Waals surface area contributed by atoms with Crippen LogP contribution in [0.2, 0.25) is 0 Å². The summed E-state index contributed by atoms with van der Waals surface area (Å²) in [5.41, 5.74) is 2.30. The zero-order valence-electron chi connectivity index (χ0n) is 14.0. The molecular weight excluding hydrogens is 320 g/mol. The molecule has 1 amide bonds. The summed E-state index contributed by atoms with van der Waals surface area (Å²) < 4.78 is 14.6. The Hall–Kier alpha value is -3.22. The number of nitrogens with one attached hydrogen (secondary N) is 1. The zero-order chi connectivity index (χ0) is 17.4. The first-order valence-electron chi connectivity index (χ1n) is 8.05. The monoisotopic (exact) mass is 338 g/mol. The van der Waals surface area contributed by atoms with Gasteiger partial charge in [-0.15, -0.1) is 0 Å². The maximum Gasteiger partial charge on any atom is 0.254 e. The third-order valence-corrected chi connectivity index (χ3v) is 4.10. The van der Waals surface area contributed by atoms with Gasteiger partial charge in [-0.2, -0.15) is 5.10 Å². The van der Waals surface area contributed by atoms with Gasteiger partial charge in [0.05, 0.1) is 11.8 Å². The highest BCUT2D eigenvalue weighted by molar-refractivity contribution is 5.95. The zero-order valence-corrected chi connectivity index (χ0v) is 14.0. The topological polar surface area (TPSA) is 77.6 Å². The lowest BCUT2D eigenvalue weighted by Crippen LogP contribution is -2.27. The number of aromatic nitrogens is 3. The van der Waals surface area contributed by atoms with Crippen LogP contribution >= 0.6 is 0 Å². The molecule has 7 nitrogen and oxygen atoms in total. The van der Waals surface area contributed by atoms with Crippen LogP contribution < -0.4 is 5.32 Å². The lowest BCUT2D eigenvalue weighted by atomic mass is 10.2. The van der Waals surface area contributed by atoms with Crippen LogP contribution in [0.5, 0.6) is 0 Å². The van der Waals surface area contributed by atoms with Crippen molar-refractivity contribution in [3.63, 3.8) is 0 Å². The van der Waals surface area contributed by atoms with E-state index in [-0.39, 0.29) is 5.91 Å². The van der Waals surface area contributed by atoms with E-state index in [2.05, 4.69) is 10.4 Å². The highest BCUT2D eigenvalue weighted by Crippen LogP contribution is 2.20. The second kappa shape index (κ2) is 6.01. The largest absolute Gasteiger partial charge is 0.466 e. The van der Waals surface area contributed by atoms with E-state index in [1.807, 2.05) is 42.1 Å². The van der Waals surface area contributed by atoms with E-state index in [4.69, 9.17) is 8.83 Å². The van der Waals surface area contributed by atoms with Crippen LogP contribution in [0, 0.1) is 13.8 Å². The van der Waals surface area contributed by atoms with Crippen molar-refractivity contribution in [3.8, 4) is 11.5 Å². The summed E-state index contributed by atoms with van der Waals surface area (Å²) >= 11 is 0. The maximum absolute atomic E-state index is 12.2. The van der Waals surface area contributed by atoms with Gasteiger partial charge in [0.15, 0.2) is 5.76 Å². The Bertz CT molecular complexity index is 1020. The predicted octanol–water partition coefficient (Wildman–Crippen LogP) is 3.04. The van der Waals surface area contributed by atoms with Crippen molar-refractivity contribution in [1.29, 1.82) is 0 Å². The van der Waals surface area contributed by atoms with Crippen molar-refractivity contribution >= 4 is 11.6 Å². The Labute approximate surface area is 143 Å². The molecular formula is C18H18N4O3. The van der Waals surface area contributed by atoms with Crippen LogP contribution in [0.15, 0.2) is 51.8 Å². The number of imidazole rings is 1. The summed E-state index contributed by atoms with van der Waals surface area (Å²) in [5.74, 6) is 1.98. The number of furan rings is 2. The summed E-state index contributed by atoms with van der Waals surface area (Å²) in [5, 5.41) is 7.41. The van der Waals surface area contributed by atoms with Crippen LogP contribution in [-0.2, 0) is 6.54 Å². The summed E-state index contributed by atoms with van der Waals surface area (Å²) in [6, 6.07) is 7.43. The molecule has 0 radical (unpaired) electrons. The minimum absolute atomic E-state index is 0.123. The van der Waals surface area contributed by atoms with Crippen molar-refractivity contribution in [3.05, 3.63) is 60.0 Å². The molecule has 0 saturated heterocycles. The number of hydrogen-bond acceptors (Lipinski definition) is 4. The van der Waals surface area contributed by atoms with Crippen molar-refractivity contribution in [2.45, 2.75) is 20.4 Å². The van der Waals surface area contributed by atoms with E-state index in [0.717, 1.165) is 22.9 Å². The molecule has 0 unspecified atom stereocenters. The molecule has 0 aliphatic carbocycles. The van der Waals surface area contributed by atoms with E-state index in [0.29, 0.717) is 24.4 Å². The van der Waals surface area contributed by atoms with E-state index in [1.54, 1.807) is 23.8 Å². The molecule has 4 aromatic heterocycles. The molecule has 0 saturated carbocycles. The Morgan fingerprint density at radius 1 is 1.28 bits per heavy atom. The van der Waals surface area contributed by atoms with Crippen molar-refractivity contribution in [1.82, 2.24) is 19.5 Å². The number of fused-ring (bicyclic) bond motifs is 1. The molecule has 4 rings (SSSR count). The van der Waals surface area contributed by atoms with Crippen molar-refractivity contribution in [2.75, 3.05) is 6.54 Å². The fraction of sp³-hybridized carbons (Fsp3) is 0.222. The molecule has 128 valence electrons. The number of rotatable bonds is 5. The van der Waals surface area contributed by atoms with Gasteiger partial charge < -0.3 is 18.7 Å². The molecule has 1 N–H and O–H groups in total. The highest BCUT2D eigenvalue weighted by atomic mass is 16.3. The van der Waals surface area contributed by atoms with Gasteiger partial charge in [-0.05, 0) is 32.0 Å². The molecule has 0 aliphatic heterocycles. The van der Waals surface area contributed by atoms with Crippen LogP contribution in [0.4, 0.5) is 0 Å². The lowest BCUT2D eigenvalue weighted by Gasteiger charge is -2.05. The smallest absolute Gasteiger partial charge is 0.254 e. The van der Waals surface area contributed by atoms with Crippen molar-refractivity contribution in [2.24, 2.45) is 0 Å². The number of amides is 1. The minimum Gasteiger partial charge on any atom is -0.466 e. The molecule has 7 heteroatoms. The van der Waals surface area contributed by atoms with E-state index in [9.17, 15) is 4.79 Å². The molecule has 0 fully saturated rings. The Kier molecular flexibility index (Phi) is 3.68. The molecule has 0 aromatic carbocycles. The normalized spacial score (nSPS) is 11.3. The standard InChI is InChI=1S/C18H18N4O3/c1-12-10-14(13(2)25-12)18(23)19-5-6-21-7-8-22-17(21)11-15(20-22)16-4-3-9-24-16/h3-4,7-11H,5-6H2,1-2H3,(H,19,23). The highest BCUT2D eigenvalue weighted by Gasteiger charge is 2.13. The SMILES string of the molecule is Cc1cc(C(=O)NCCn2ccn3nc(-c4ccco4)cc23)c(C)o1. The minimum atomic E-state index is -0.123. The number of aryl methyl sites for hydroxylation is 2. The third-order valence-electron chi connectivity index (χ3n) is 4.10. The van der Waals surface area contributed by atoms with Gasteiger partial charge >= 0.3 is 0 Å². The van der Waals surface area contributed by atoms with Gasteiger partial charge in [-0.1, -0.05) is 0 Å². The second-order valence-corrected chi connectivity index (χ2v) is 5.88. The fourth-order valence-corrected chi connectivity index (χ4v) is 2.90. The first kappa shape index (κ1) is 15.3. The van der Waals surface area contributed by atoms with E-state index < -0.39 is 0 Å². The van der Waals surface area contributed by atoms with Crippen LogP contribution in [-0.4, -0.2) is 26.6 Å². The van der Waals surface area contributed by atoms with Gasteiger partial charge in [0, 0.05) is 31.5 Å². The molecule has 4 aromatic rings. The predicted molar refractivity (Wildman–Crippen MR) is 91.4 cm³/mol. The van der Waals surface area contributed by atoms with Crippen LogP contribution in [0.25, 0.3) is 17.1 Å².